The van der Waals surface area contributed by atoms with Crippen molar-refractivity contribution in [2.75, 3.05) is 0 Å². The van der Waals surface area contributed by atoms with Crippen LogP contribution in [0, 0.1) is 0 Å². The van der Waals surface area contributed by atoms with Gasteiger partial charge in [0, 0.05) is 0 Å². The first-order valence-corrected chi connectivity index (χ1v) is 6.57. The van der Waals surface area contributed by atoms with E-state index in [1.165, 1.54) is 36.4 Å². The summed E-state index contributed by atoms with van der Waals surface area (Å²) in [5.41, 5.74) is 2.61. The van der Waals surface area contributed by atoms with Crippen molar-refractivity contribution in [2.45, 2.75) is 25.7 Å². The molecule has 1 aromatic heterocycles. The normalized spacial score (nSPS) is 13.6. The number of aryl methyl sites for hydroxylation is 2. The highest BCUT2D eigenvalue weighted by Crippen LogP contribution is 2.27. The monoisotopic (exact) mass is 270 g/mol. The van der Waals surface area contributed by atoms with Crippen molar-refractivity contribution in [3.63, 3.8) is 0 Å². The van der Waals surface area contributed by atoms with Crippen molar-refractivity contribution in [3.05, 3.63) is 47.4 Å². The van der Waals surface area contributed by atoms with Crippen LogP contribution in [0.3, 0.4) is 0 Å². The first-order valence-electron chi connectivity index (χ1n) is 6.57. The minimum Gasteiger partial charge on any atom is -0.476 e. The number of carboxylic acids is 1. The van der Waals surface area contributed by atoms with Gasteiger partial charge in [0.05, 0.1) is 12.4 Å². The second-order valence-corrected chi connectivity index (χ2v) is 4.78. The number of hydrogen-bond acceptors (Lipinski definition) is 4. The molecule has 1 aliphatic carbocycles. The van der Waals surface area contributed by atoms with Gasteiger partial charge < -0.3 is 9.84 Å². The first-order chi connectivity index (χ1) is 9.72. The molecular weight excluding hydrogens is 256 g/mol. The Bertz CT molecular complexity index is 638. The third-order valence-electron chi connectivity index (χ3n) is 3.39. The van der Waals surface area contributed by atoms with Crippen molar-refractivity contribution in [3.8, 4) is 11.6 Å². The number of benzene rings is 1. The topological polar surface area (TPSA) is 72.3 Å². The Hall–Kier alpha value is -2.43. The predicted molar refractivity (Wildman–Crippen MR) is 72.1 cm³/mol. The summed E-state index contributed by atoms with van der Waals surface area (Å²) in [7, 11) is 0. The van der Waals surface area contributed by atoms with Crippen molar-refractivity contribution < 1.29 is 14.6 Å². The number of aromatic nitrogens is 2. The predicted octanol–water partition coefficient (Wildman–Crippen LogP) is 2.85. The molecule has 5 nitrogen and oxygen atoms in total. The highest BCUT2D eigenvalue weighted by molar-refractivity contribution is 5.84. The number of rotatable bonds is 3. The zero-order valence-corrected chi connectivity index (χ0v) is 10.9. The lowest BCUT2D eigenvalue weighted by Gasteiger charge is -2.16. The van der Waals surface area contributed by atoms with E-state index in [2.05, 4.69) is 16.0 Å². The Morgan fingerprint density at radius 3 is 2.60 bits per heavy atom. The number of hydrogen-bond donors (Lipinski definition) is 1. The van der Waals surface area contributed by atoms with E-state index in [-0.39, 0.29) is 5.69 Å². The van der Waals surface area contributed by atoms with Gasteiger partial charge >= 0.3 is 5.97 Å². The number of fused-ring (bicyclic) bond motifs is 1. The Morgan fingerprint density at radius 2 is 1.90 bits per heavy atom. The fraction of sp³-hybridized carbons (Fsp3) is 0.267. The quantitative estimate of drug-likeness (QED) is 0.928. The van der Waals surface area contributed by atoms with Crippen molar-refractivity contribution >= 4 is 5.97 Å². The van der Waals surface area contributed by atoms with Gasteiger partial charge in [0.2, 0.25) is 5.88 Å². The molecule has 1 aromatic carbocycles. The standard InChI is InChI=1S/C15H14N2O3/c18-15(19)13-8-17-14(9-16-13)20-12-6-5-10-3-1-2-4-11(10)7-12/h5-9H,1-4H2,(H,18,19). The van der Waals surface area contributed by atoms with Gasteiger partial charge in [-0.25, -0.2) is 14.8 Å². The second kappa shape index (κ2) is 5.28. The molecule has 0 saturated carbocycles. The van der Waals surface area contributed by atoms with E-state index >= 15 is 0 Å². The van der Waals surface area contributed by atoms with Crippen LogP contribution in [0.2, 0.25) is 0 Å². The third-order valence-corrected chi connectivity index (χ3v) is 3.39. The molecule has 0 unspecified atom stereocenters. The van der Waals surface area contributed by atoms with Crippen LogP contribution in [-0.2, 0) is 12.8 Å². The zero-order chi connectivity index (χ0) is 13.9. The van der Waals surface area contributed by atoms with Gasteiger partial charge in [-0.1, -0.05) is 6.07 Å². The van der Waals surface area contributed by atoms with E-state index in [0.29, 0.717) is 11.6 Å². The van der Waals surface area contributed by atoms with E-state index in [1.807, 2.05) is 12.1 Å². The van der Waals surface area contributed by atoms with Gasteiger partial charge in [-0.2, -0.15) is 0 Å². The van der Waals surface area contributed by atoms with Gasteiger partial charge in [0.15, 0.2) is 5.69 Å². The highest BCUT2D eigenvalue weighted by Gasteiger charge is 2.11. The molecule has 2 aromatic rings. The van der Waals surface area contributed by atoms with Crippen molar-refractivity contribution in [1.82, 2.24) is 9.97 Å². The van der Waals surface area contributed by atoms with Crippen LogP contribution >= 0.6 is 0 Å². The molecule has 3 rings (SSSR count). The lowest BCUT2D eigenvalue weighted by Crippen LogP contribution is -2.03. The minimum atomic E-state index is -1.10. The average molecular weight is 270 g/mol. The number of carbonyl (C=O) groups is 1. The molecule has 0 bridgehead atoms. The summed E-state index contributed by atoms with van der Waals surface area (Å²) in [6.07, 6.45) is 7.18. The number of aromatic carboxylic acids is 1. The lowest BCUT2D eigenvalue weighted by atomic mass is 9.92. The summed E-state index contributed by atoms with van der Waals surface area (Å²) in [6, 6.07) is 6.03. The van der Waals surface area contributed by atoms with Crippen LogP contribution < -0.4 is 4.74 Å². The minimum absolute atomic E-state index is 0.0946. The van der Waals surface area contributed by atoms with Crippen LogP contribution in [0.25, 0.3) is 0 Å². The molecule has 5 heteroatoms. The summed E-state index contributed by atoms with van der Waals surface area (Å²) in [6.45, 7) is 0. The summed E-state index contributed by atoms with van der Waals surface area (Å²) in [5, 5.41) is 8.75. The Labute approximate surface area is 116 Å². The van der Waals surface area contributed by atoms with Gasteiger partial charge in [-0.3, -0.25) is 0 Å². The van der Waals surface area contributed by atoms with Crippen molar-refractivity contribution in [1.29, 1.82) is 0 Å². The van der Waals surface area contributed by atoms with Gasteiger partial charge in [0.25, 0.3) is 0 Å². The molecule has 20 heavy (non-hydrogen) atoms. The molecule has 102 valence electrons. The molecule has 1 heterocycles. The van der Waals surface area contributed by atoms with Gasteiger partial charge in [-0.15, -0.1) is 0 Å². The Balaban J connectivity index is 1.78. The molecule has 1 N–H and O–H groups in total. The van der Waals surface area contributed by atoms with Crippen LogP contribution in [0.15, 0.2) is 30.6 Å². The molecule has 0 saturated heterocycles. The summed E-state index contributed by atoms with van der Waals surface area (Å²) in [4.78, 5) is 18.4. The van der Waals surface area contributed by atoms with E-state index in [0.717, 1.165) is 12.8 Å². The summed E-state index contributed by atoms with van der Waals surface area (Å²) >= 11 is 0. The van der Waals surface area contributed by atoms with Crippen LogP contribution in [-0.4, -0.2) is 21.0 Å². The number of nitrogens with zero attached hydrogens (tertiary/aromatic N) is 2. The zero-order valence-electron chi connectivity index (χ0n) is 10.9. The molecule has 1 aliphatic rings. The van der Waals surface area contributed by atoms with E-state index in [4.69, 9.17) is 9.84 Å². The fourth-order valence-electron chi connectivity index (χ4n) is 2.37. The molecule has 0 amide bonds. The summed E-state index contributed by atoms with van der Waals surface area (Å²) < 4.78 is 5.61. The van der Waals surface area contributed by atoms with Crippen LogP contribution in [0.4, 0.5) is 0 Å². The average Bonchev–Trinajstić information content (AvgIpc) is 2.48. The second-order valence-electron chi connectivity index (χ2n) is 4.78. The molecule has 0 aliphatic heterocycles. The first kappa shape index (κ1) is 12.6. The summed E-state index contributed by atoms with van der Waals surface area (Å²) in [5.74, 6) is -0.0911. The maximum atomic E-state index is 10.7. The maximum absolute atomic E-state index is 10.7. The lowest BCUT2D eigenvalue weighted by molar-refractivity contribution is 0.0690. The van der Waals surface area contributed by atoms with Crippen molar-refractivity contribution in [2.24, 2.45) is 0 Å². The fourth-order valence-corrected chi connectivity index (χ4v) is 2.37. The maximum Gasteiger partial charge on any atom is 0.356 e. The van der Waals surface area contributed by atoms with Crippen LogP contribution in [0.5, 0.6) is 11.6 Å². The largest absolute Gasteiger partial charge is 0.476 e. The SMILES string of the molecule is O=C(O)c1cnc(Oc2ccc3c(c2)CCCC3)cn1. The van der Waals surface area contributed by atoms with Crippen LogP contribution in [0.1, 0.15) is 34.5 Å². The molecule has 0 fully saturated rings. The van der Waals surface area contributed by atoms with E-state index < -0.39 is 5.97 Å². The Kier molecular flexibility index (Phi) is 3.33. The molecule has 0 spiro atoms. The number of ether oxygens (including phenoxy) is 1. The molecular formula is C15H14N2O3. The Morgan fingerprint density at radius 1 is 1.10 bits per heavy atom. The molecule has 0 radical (unpaired) electrons. The molecule has 0 atom stereocenters. The van der Waals surface area contributed by atoms with Gasteiger partial charge in [-0.05, 0) is 48.9 Å². The highest BCUT2D eigenvalue weighted by atomic mass is 16.5. The number of carboxylic acid groups (broad SMARTS) is 1. The smallest absolute Gasteiger partial charge is 0.356 e. The third kappa shape index (κ3) is 2.61. The van der Waals surface area contributed by atoms with E-state index in [9.17, 15) is 4.79 Å². The van der Waals surface area contributed by atoms with E-state index in [1.54, 1.807) is 0 Å². The van der Waals surface area contributed by atoms with Gasteiger partial charge in [0.1, 0.15) is 5.75 Å².